The zero-order valence-corrected chi connectivity index (χ0v) is 21.3. The van der Waals surface area contributed by atoms with Crippen molar-refractivity contribution in [1.29, 1.82) is 0 Å². The van der Waals surface area contributed by atoms with Crippen molar-refractivity contribution < 1.29 is 9.53 Å². The van der Waals surface area contributed by atoms with Gasteiger partial charge < -0.3 is 4.74 Å². The summed E-state index contributed by atoms with van der Waals surface area (Å²) >= 11 is 7.47. The third-order valence-electron chi connectivity index (χ3n) is 5.93. The number of fused-ring (bicyclic) bond motifs is 1. The van der Waals surface area contributed by atoms with Crippen molar-refractivity contribution in [2.45, 2.75) is 19.9 Å². The maximum absolute atomic E-state index is 13.8. The molecular formula is C29H23ClN2O3S. The molecule has 0 saturated heterocycles. The van der Waals surface area contributed by atoms with E-state index >= 15 is 0 Å². The van der Waals surface area contributed by atoms with Crippen LogP contribution in [0.15, 0.2) is 94.2 Å². The van der Waals surface area contributed by atoms with Gasteiger partial charge in [-0.15, -0.1) is 0 Å². The molecule has 0 fully saturated rings. The number of esters is 1. The number of carbonyl (C=O) groups excluding carboxylic acids is 1. The summed E-state index contributed by atoms with van der Waals surface area (Å²) in [5, 5.41) is 0.565. The minimum absolute atomic E-state index is 0.204. The van der Waals surface area contributed by atoms with Gasteiger partial charge in [-0.25, -0.2) is 9.79 Å². The Bertz CT molecular complexity index is 1630. The first kappa shape index (κ1) is 24.0. The van der Waals surface area contributed by atoms with Crippen molar-refractivity contribution in [3.63, 3.8) is 0 Å². The Morgan fingerprint density at radius 2 is 1.75 bits per heavy atom. The number of halogens is 1. The van der Waals surface area contributed by atoms with E-state index in [9.17, 15) is 9.59 Å². The van der Waals surface area contributed by atoms with Crippen LogP contribution in [0, 0.1) is 6.92 Å². The number of ether oxygens (including phenoxy) is 1. The highest BCUT2D eigenvalue weighted by Crippen LogP contribution is 2.35. The Morgan fingerprint density at radius 3 is 2.42 bits per heavy atom. The van der Waals surface area contributed by atoms with Gasteiger partial charge in [0.2, 0.25) is 0 Å². The maximum atomic E-state index is 13.8. The van der Waals surface area contributed by atoms with Crippen LogP contribution in [0.25, 0.3) is 11.8 Å². The normalized spacial score (nSPS) is 15.4. The van der Waals surface area contributed by atoms with Crippen LogP contribution in [0.1, 0.15) is 35.2 Å². The number of carbonyl (C=O) groups is 1. The molecule has 5 nitrogen and oxygen atoms in total. The van der Waals surface area contributed by atoms with E-state index in [-0.39, 0.29) is 12.2 Å². The van der Waals surface area contributed by atoms with E-state index in [2.05, 4.69) is 0 Å². The lowest BCUT2D eigenvalue weighted by molar-refractivity contribution is -0.138. The van der Waals surface area contributed by atoms with Crippen LogP contribution < -0.4 is 14.9 Å². The topological polar surface area (TPSA) is 60.7 Å². The van der Waals surface area contributed by atoms with Gasteiger partial charge in [0, 0.05) is 10.6 Å². The van der Waals surface area contributed by atoms with Gasteiger partial charge in [-0.3, -0.25) is 9.36 Å². The quantitative estimate of drug-likeness (QED) is 0.356. The third-order valence-corrected chi connectivity index (χ3v) is 7.17. The molecule has 7 heteroatoms. The molecule has 0 bridgehead atoms. The summed E-state index contributed by atoms with van der Waals surface area (Å²) in [7, 11) is 0. The molecule has 3 aromatic carbocycles. The van der Waals surface area contributed by atoms with Crippen LogP contribution in [-0.4, -0.2) is 17.1 Å². The summed E-state index contributed by atoms with van der Waals surface area (Å²) in [5.74, 6) is -0.507. The summed E-state index contributed by atoms with van der Waals surface area (Å²) < 4.78 is 7.60. The van der Waals surface area contributed by atoms with Gasteiger partial charge in [-0.05, 0) is 43.2 Å². The van der Waals surface area contributed by atoms with Crippen molar-refractivity contribution in [2.75, 3.05) is 6.61 Å². The summed E-state index contributed by atoms with van der Waals surface area (Å²) in [6.07, 6.45) is 1.86. The van der Waals surface area contributed by atoms with Crippen molar-refractivity contribution in [1.82, 2.24) is 4.57 Å². The Hall–Kier alpha value is -3.74. The van der Waals surface area contributed by atoms with E-state index in [1.807, 2.05) is 79.7 Å². The van der Waals surface area contributed by atoms with Crippen molar-refractivity contribution in [2.24, 2.45) is 4.99 Å². The van der Waals surface area contributed by atoms with Gasteiger partial charge in [-0.1, -0.05) is 95.2 Å². The van der Waals surface area contributed by atoms with Crippen LogP contribution in [0.5, 0.6) is 0 Å². The van der Waals surface area contributed by atoms with E-state index in [0.717, 1.165) is 22.3 Å². The Labute approximate surface area is 217 Å². The zero-order chi connectivity index (χ0) is 25.2. The monoisotopic (exact) mass is 514 g/mol. The molecule has 1 aliphatic heterocycles. The van der Waals surface area contributed by atoms with E-state index in [1.165, 1.54) is 11.3 Å². The SMILES string of the molecule is CCOC(=O)C1=C(c2ccccc2)N=c2s/c(=C/c3ccc(C)cc3)c(=O)n2C1c1ccc(Cl)cc1. The lowest BCUT2D eigenvalue weighted by Crippen LogP contribution is -2.40. The fourth-order valence-electron chi connectivity index (χ4n) is 4.21. The Morgan fingerprint density at radius 1 is 1.06 bits per heavy atom. The molecule has 0 radical (unpaired) electrons. The molecule has 36 heavy (non-hydrogen) atoms. The second-order valence-electron chi connectivity index (χ2n) is 8.39. The van der Waals surface area contributed by atoms with E-state index in [1.54, 1.807) is 23.6 Å². The highest BCUT2D eigenvalue weighted by atomic mass is 35.5. The number of rotatable bonds is 5. The summed E-state index contributed by atoms with van der Waals surface area (Å²) in [6.45, 7) is 3.98. The molecule has 5 rings (SSSR count). The highest BCUT2D eigenvalue weighted by molar-refractivity contribution is 7.07. The van der Waals surface area contributed by atoms with Gasteiger partial charge in [0.05, 0.1) is 28.5 Å². The lowest BCUT2D eigenvalue weighted by Gasteiger charge is -2.25. The largest absolute Gasteiger partial charge is 0.463 e. The number of aryl methyl sites for hydroxylation is 1. The molecule has 1 aliphatic rings. The van der Waals surface area contributed by atoms with Gasteiger partial charge in [0.25, 0.3) is 5.56 Å². The van der Waals surface area contributed by atoms with E-state index < -0.39 is 12.0 Å². The standard InChI is InChI=1S/C29H23ClN2O3S/c1-3-35-28(34)24-25(20-7-5-4-6-8-20)31-29-32(26(24)21-13-15-22(30)16-14-21)27(33)23(36-29)17-19-11-9-18(2)10-12-19/h4-17,26H,3H2,1-2H3/b23-17+. The molecule has 0 amide bonds. The molecule has 1 unspecified atom stereocenters. The molecule has 1 atom stereocenters. The second kappa shape index (κ2) is 10.1. The fraction of sp³-hybridized carbons (Fsp3) is 0.138. The smallest absolute Gasteiger partial charge is 0.338 e. The van der Waals surface area contributed by atoms with Gasteiger partial charge in [-0.2, -0.15) is 0 Å². The fourth-order valence-corrected chi connectivity index (χ4v) is 5.34. The Kier molecular flexibility index (Phi) is 6.72. The zero-order valence-electron chi connectivity index (χ0n) is 19.8. The first-order chi connectivity index (χ1) is 17.5. The summed E-state index contributed by atoms with van der Waals surface area (Å²) in [4.78, 5) is 32.5. The predicted octanol–water partition coefficient (Wildman–Crippen LogP) is 4.90. The van der Waals surface area contributed by atoms with Crippen molar-refractivity contribution in [3.05, 3.63) is 131 Å². The van der Waals surface area contributed by atoms with Crippen molar-refractivity contribution >= 4 is 40.7 Å². The first-order valence-corrected chi connectivity index (χ1v) is 12.8. The van der Waals surface area contributed by atoms with Gasteiger partial charge in [0.1, 0.15) is 0 Å². The average molecular weight is 515 g/mol. The van der Waals surface area contributed by atoms with Crippen LogP contribution in [-0.2, 0) is 9.53 Å². The minimum atomic E-state index is -0.715. The average Bonchev–Trinajstić information content (AvgIpc) is 3.20. The molecule has 0 saturated carbocycles. The molecule has 0 aliphatic carbocycles. The number of hydrogen-bond donors (Lipinski definition) is 0. The first-order valence-electron chi connectivity index (χ1n) is 11.6. The van der Waals surface area contributed by atoms with Crippen LogP contribution in [0.2, 0.25) is 5.02 Å². The molecule has 4 aromatic rings. The molecule has 1 aromatic heterocycles. The number of benzene rings is 3. The van der Waals surface area contributed by atoms with Crippen LogP contribution >= 0.6 is 22.9 Å². The number of thiazole rings is 1. The number of hydrogen-bond acceptors (Lipinski definition) is 5. The van der Waals surface area contributed by atoms with Gasteiger partial charge in [0.15, 0.2) is 4.80 Å². The summed E-state index contributed by atoms with van der Waals surface area (Å²) in [6, 6.07) is 23.9. The molecule has 2 heterocycles. The lowest BCUT2D eigenvalue weighted by atomic mass is 9.93. The molecule has 180 valence electrons. The molecular weight excluding hydrogens is 492 g/mol. The Balaban J connectivity index is 1.82. The highest BCUT2D eigenvalue weighted by Gasteiger charge is 2.35. The van der Waals surface area contributed by atoms with Crippen molar-refractivity contribution in [3.8, 4) is 0 Å². The molecule has 0 N–H and O–H groups in total. The third kappa shape index (κ3) is 4.57. The van der Waals surface area contributed by atoms with E-state index in [0.29, 0.717) is 25.6 Å². The summed E-state index contributed by atoms with van der Waals surface area (Å²) in [5.41, 5.74) is 4.18. The maximum Gasteiger partial charge on any atom is 0.338 e. The van der Waals surface area contributed by atoms with E-state index in [4.69, 9.17) is 21.3 Å². The number of nitrogens with zero attached hydrogens (tertiary/aromatic N) is 2. The van der Waals surface area contributed by atoms with Gasteiger partial charge >= 0.3 is 5.97 Å². The second-order valence-corrected chi connectivity index (χ2v) is 9.84. The van der Waals surface area contributed by atoms with Crippen LogP contribution in [0.4, 0.5) is 0 Å². The number of aromatic nitrogens is 1. The van der Waals surface area contributed by atoms with Crippen LogP contribution in [0.3, 0.4) is 0 Å². The minimum Gasteiger partial charge on any atom is -0.463 e. The molecule has 0 spiro atoms. The predicted molar refractivity (Wildman–Crippen MR) is 144 cm³/mol.